The molecule has 2 aromatic rings. The van der Waals surface area contributed by atoms with Crippen molar-refractivity contribution < 1.29 is 62.1 Å². The van der Waals surface area contributed by atoms with Crippen LogP contribution in [-0.2, 0) is 44.4 Å². The van der Waals surface area contributed by atoms with E-state index in [0.29, 0.717) is 75.1 Å². The third-order valence-electron chi connectivity index (χ3n) is 13.7. The van der Waals surface area contributed by atoms with E-state index in [0.717, 1.165) is 16.7 Å². The number of ether oxygens (including phenoxy) is 7. The van der Waals surface area contributed by atoms with Gasteiger partial charge >= 0.3 is 5.97 Å². The molecule has 5 aliphatic heterocycles. The smallest absolute Gasteiger partial charge is 0.330 e. The molecule has 4 saturated heterocycles. The number of aliphatic hydroxyl groups is 3. The number of rotatable bonds is 11. The van der Waals surface area contributed by atoms with Crippen molar-refractivity contribution >= 4 is 18.1 Å². The summed E-state index contributed by atoms with van der Waals surface area (Å²) in [6, 6.07) is 0. The average molecular weight is 943 g/mol. The molecule has 15 heteroatoms. The topological polar surface area (TPSA) is 194 Å². The Labute approximate surface area is 400 Å². The first kappa shape index (κ1) is 51.4. The van der Waals surface area contributed by atoms with Crippen LogP contribution in [0.15, 0.2) is 81.1 Å². The van der Waals surface area contributed by atoms with Crippen LogP contribution in [0.2, 0.25) is 0 Å². The van der Waals surface area contributed by atoms with Gasteiger partial charge in [0.1, 0.15) is 36.1 Å². The van der Waals surface area contributed by atoms with Gasteiger partial charge < -0.3 is 57.3 Å². The van der Waals surface area contributed by atoms with Gasteiger partial charge in [-0.05, 0) is 63.7 Å². The minimum absolute atomic E-state index is 0.0919. The fraction of sp³-hybridized carbons (Fsp3) is 0.604. The van der Waals surface area contributed by atoms with Gasteiger partial charge in [-0.2, -0.15) is 0 Å². The Bertz CT molecular complexity index is 2220. The number of carbonyl (C=O) groups excluding carboxylic acids is 1. The fourth-order valence-corrected chi connectivity index (χ4v) is 10.3. The normalized spacial score (nSPS) is 36.2. The highest BCUT2D eigenvalue weighted by atomic mass is 16.6. The number of aromatic nitrogens is 2. The van der Waals surface area contributed by atoms with Crippen molar-refractivity contribution in [3.05, 3.63) is 95.4 Å². The van der Waals surface area contributed by atoms with E-state index in [1.165, 1.54) is 12.3 Å². The predicted octanol–water partition coefficient (Wildman–Crippen LogP) is 7.48. The Morgan fingerprint density at radius 3 is 2.57 bits per heavy atom. The Kier molecular flexibility index (Phi) is 17.7. The minimum atomic E-state index is -1.74. The molecule has 0 aromatic carbocycles. The Morgan fingerprint density at radius 1 is 1.00 bits per heavy atom. The number of nitrogens with zero attached hydrogens (tertiary/aromatic N) is 2. The zero-order valence-corrected chi connectivity index (χ0v) is 40.2. The standard InChI is InChI=1S/C53H70N2O13/c1-9-12-38(60-7)18-17-31(2)21-44(57)47-26-42(61-8)27-53(59,68-47)28-49-54-36(29-62-49)22-33(4)51-35(6)52-34(5)45(66-51)14-11-15-48-55-43(30-63-48)46-24-37(56)23-41(65-46)25-40-20-32(3)19-39(64-40)13-10-16-50(58)67-52/h1,10-11,15-18,21-22,29-30,34-35,37-42,44-47,51-52,56-57,59H,3,12-14,19-20,23-28H2,2,4-8H3/b15-11+,16-10-,18-17+,31-21+,33-22+/t34-,35-,37+,38-,39-,40+,41-,42-,44+,45+,46+,47-,51-,52+,53+/m1/s1. The van der Waals surface area contributed by atoms with Gasteiger partial charge in [-0.3, -0.25) is 0 Å². The largest absolute Gasteiger partial charge is 0.458 e. The molecule has 15 nitrogen and oxygen atoms in total. The van der Waals surface area contributed by atoms with Gasteiger partial charge in [0.25, 0.3) is 0 Å². The summed E-state index contributed by atoms with van der Waals surface area (Å²) in [6.07, 6.45) is 22.3. The van der Waals surface area contributed by atoms with Crippen molar-refractivity contribution in [2.24, 2.45) is 11.8 Å². The van der Waals surface area contributed by atoms with Crippen LogP contribution in [0.1, 0.15) is 121 Å². The molecule has 0 radical (unpaired) electrons. The summed E-state index contributed by atoms with van der Waals surface area (Å²) in [5.41, 5.74) is 3.81. The molecule has 5 aliphatic rings. The average Bonchev–Trinajstić information content (AvgIpc) is 3.95. The van der Waals surface area contributed by atoms with E-state index < -0.39 is 54.5 Å². The Hall–Kier alpha value is -4.47. The summed E-state index contributed by atoms with van der Waals surface area (Å²) in [5, 5.41) is 33.8. The van der Waals surface area contributed by atoms with Crippen LogP contribution in [0.3, 0.4) is 0 Å². The summed E-state index contributed by atoms with van der Waals surface area (Å²) >= 11 is 0. The van der Waals surface area contributed by atoms with Gasteiger partial charge in [0.15, 0.2) is 11.7 Å². The van der Waals surface area contributed by atoms with Crippen LogP contribution in [-0.4, -0.2) is 118 Å². The van der Waals surface area contributed by atoms with Crippen molar-refractivity contribution in [3.8, 4) is 12.3 Å². The highest BCUT2D eigenvalue weighted by Crippen LogP contribution is 2.40. The van der Waals surface area contributed by atoms with E-state index in [1.54, 1.807) is 32.6 Å². The summed E-state index contributed by atoms with van der Waals surface area (Å²) < 4.78 is 55.0. The van der Waals surface area contributed by atoms with Gasteiger partial charge in [0.05, 0.1) is 67.5 Å². The molecule has 15 atom stereocenters. The summed E-state index contributed by atoms with van der Waals surface area (Å²) in [4.78, 5) is 23.0. The van der Waals surface area contributed by atoms with E-state index in [-0.39, 0.29) is 61.1 Å². The lowest BCUT2D eigenvalue weighted by Gasteiger charge is -2.44. The van der Waals surface area contributed by atoms with Crippen molar-refractivity contribution in [1.82, 2.24) is 9.97 Å². The van der Waals surface area contributed by atoms with E-state index in [9.17, 15) is 20.1 Å². The second kappa shape index (κ2) is 23.4. The monoisotopic (exact) mass is 942 g/mol. The zero-order chi connectivity index (χ0) is 48.5. The maximum absolute atomic E-state index is 13.5. The van der Waals surface area contributed by atoms with Crippen molar-refractivity contribution in [2.75, 3.05) is 14.2 Å². The van der Waals surface area contributed by atoms with Gasteiger partial charge in [-0.25, -0.2) is 14.8 Å². The van der Waals surface area contributed by atoms with E-state index in [2.05, 4.69) is 12.5 Å². The third kappa shape index (κ3) is 13.6. The number of hydrogen-bond acceptors (Lipinski definition) is 15. The number of methoxy groups -OCH3 is 2. The highest BCUT2D eigenvalue weighted by Gasteiger charge is 2.45. The summed E-state index contributed by atoms with van der Waals surface area (Å²) in [7, 11) is 3.15. The van der Waals surface area contributed by atoms with E-state index in [4.69, 9.17) is 58.4 Å². The number of oxazole rings is 2. The molecule has 4 fully saturated rings. The molecule has 0 unspecified atom stereocenters. The zero-order valence-electron chi connectivity index (χ0n) is 40.2. The van der Waals surface area contributed by atoms with E-state index >= 15 is 0 Å². The number of terminal acetylenes is 1. The lowest BCUT2D eigenvalue weighted by molar-refractivity contribution is -0.286. The molecule has 7 heterocycles. The van der Waals surface area contributed by atoms with Crippen LogP contribution in [0.5, 0.6) is 0 Å². The van der Waals surface area contributed by atoms with Gasteiger partial charge in [0.2, 0.25) is 5.89 Å². The minimum Gasteiger partial charge on any atom is -0.458 e. The first-order valence-corrected chi connectivity index (χ1v) is 24.0. The fourth-order valence-electron chi connectivity index (χ4n) is 10.3. The molecular formula is C53H70N2O13. The second-order valence-electron chi connectivity index (χ2n) is 19.3. The van der Waals surface area contributed by atoms with E-state index in [1.807, 2.05) is 58.1 Å². The number of carbonyl (C=O) groups is 1. The second-order valence-corrected chi connectivity index (χ2v) is 19.3. The molecule has 370 valence electrons. The highest BCUT2D eigenvalue weighted by molar-refractivity contribution is 5.82. The quantitative estimate of drug-likeness (QED) is 0.0868. The molecule has 0 amide bonds. The van der Waals surface area contributed by atoms with Crippen molar-refractivity contribution in [2.45, 2.75) is 177 Å². The van der Waals surface area contributed by atoms with Crippen molar-refractivity contribution in [1.29, 1.82) is 0 Å². The van der Waals surface area contributed by atoms with Crippen LogP contribution >= 0.6 is 0 Å². The lowest BCUT2D eigenvalue weighted by Crippen LogP contribution is -2.51. The molecule has 0 saturated carbocycles. The van der Waals surface area contributed by atoms with Crippen molar-refractivity contribution in [3.63, 3.8) is 0 Å². The van der Waals surface area contributed by atoms with Crippen LogP contribution < -0.4 is 0 Å². The van der Waals surface area contributed by atoms with Gasteiger partial charge in [-0.15, -0.1) is 12.3 Å². The summed E-state index contributed by atoms with van der Waals surface area (Å²) in [5.74, 6) is 0.609. The van der Waals surface area contributed by atoms with Gasteiger partial charge in [-0.1, -0.05) is 62.0 Å². The number of esters is 1. The molecule has 68 heavy (non-hydrogen) atoms. The SMILES string of the molecule is C#CC[C@H](/C=C/C(C)=C/[C@H](O)[C@H]1C[C@@H](OC)C[C@@](O)(Cc2nc(/C=C(\C)[C@H]3O[C@H]4C/C=C/c5nc(co5)[C@@H]5C[C@@H](O)C[C@H](C[C@@H]6CC(=C)C[C@@H](C/C=C\C(=O)O[C@@H]([C@@H]4C)[C@@H]3C)O6)O5)co2)O1)OC. The molecule has 3 N–H and O–H groups in total. The Morgan fingerprint density at radius 2 is 1.79 bits per heavy atom. The molecular weight excluding hydrogens is 873 g/mol. The lowest BCUT2D eigenvalue weighted by atomic mass is 9.79. The number of fused-ring (bicyclic) bond motifs is 9. The van der Waals surface area contributed by atoms with Crippen LogP contribution in [0.25, 0.3) is 12.2 Å². The molecule has 8 bridgehead atoms. The molecule has 0 aliphatic carbocycles. The predicted molar refractivity (Wildman–Crippen MR) is 252 cm³/mol. The number of allylic oxidation sites excluding steroid dienone is 2. The van der Waals surface area contributed by atoms with Gasteiger partial charge in [0, 0.05) is 64.2 Å². The number of hydrogen-bond donors (Lipinski definition) is 3. The first-order valence-electron chi connectivity index (χ1n) is 24.0. The molecule has 2 aromatic heterocycles. The first-order chi connectivity index (χ1) is 32.6. The Balaban J connectivity index is 1.07. The third-order valence-corrected chi connectivity index (χ3v) is 13.7. The van der Waals surface area contributed by atoms with Crippen LogP contribution in [0, 0.1) is 24.2 Å². The number of aliphatic hydroxyl groups excluding tert-OH is 2. The maximum Gasteiger partial charge on any atom is 0.330 e. The van der Waals surface area contributed by atoms with Crippen LogP contribution in [0.4, 0.5) is 0 Å². The maximum atomic E-state index is 13.5. The molecule has 7 rings (SSSR count). The molecule has 0 spiro atoms. The summed E-state index contributed by atoms with van der Waals surface area (Å²) in [6.45, 7) is 12.1.